The summed E-state index contributed by atoms with van der Waals surface area (Å²) in [6.45, 7) is 0.511. The van der Waals surface area contributed by atoms with Gasteiger partial charge in [0.1, 0.15) is 5.69 Å². The topological polar surface area (TPSA) is 57.8 Å². The number of halogens is 1. The van der Waals surface area contributed by atoms with Crippen LogP contribution in [0.2, 0.25) is 5.02 Å². The van der Waals surface area contributed by atoms with E-state index in [-0.39, 0.29) is 5.91 Å². The lowest BCUT2D eigenvalue weighted by molar-refractivity contribution is 0.0946. The highest BCUT2D eigenvalue weighted by Crippen LogP contribution is 2.26. The molecule has 21 heavy (non-hydrogen) atoms. The maximum Gasteiger partial charge on any atom is 0.269 e. The zero-order valence-electron chi connectivity index (χ0n) is 11.0. The molecule has 0 atom stereocenters. The van der Waals surface area contributed by atoms with Crippen LogP contribution in [-0.2, 0) is 6.54 Å². The van der Waals surface area contributed by atoms with Crippen LogP contribution >= 0.6 is 22.9 Å². The molecule has 106 valence electrons. The molecule has 3 rings (SSSR count). The fourth-order valence-corrected chi connectivity index (χ4v) is 2.80. The van der Waals surface area contributed by atoms with Gasteiger partial charge < -0.3 is 5.32 Å². The number of rotatable bonds is 4. The summed E-state index contributed by atoms with van der Waals surface area (Å²) in [4.78, 5) is 13.2. The second kappa shape index (κ2) is 6.11. The third-order valence-electron chi connectivity index (χ3n) is 2.98. The summed E-state index contributed by atoms with van der Waals surface area (Å²) in [5.41, 5.74) is 1.87. The zero-order chi connectivity index (χ0) is 14.7. The lowest BCUT2D eigenvalue weighted by Crippen LogP contribution is -2.22. The van der Waals surface area contributed by atoms with Crippen LogP contribution in [0.1, 0.15) is 15.4 Å². The van der Waals surface area contributed by atoms with Crippen LogP contribution in [0.4, 0.5) is 0 Å². The number of aromatic amines is 1. The molecule has 0 saturated heterocycles. The minimum Gasteiger partial charge on any atom is -0.346 e. The number of aromatic nitrogens is 2. The van der Waals surface area contributed by atoms with Gasteiger partial charge >= 0.3 is 0 Å². The standard InChI is InChI=1S/C15H12ClN3OS/c16-12-6-2-1-5-11(12)13-8-14(19-18-13)15(20)17-9-10-4-3-7-21-10/h1-8H,9H2,(H,17,20)(H,18,19). The normalized spacial score (nSPS) is 10.5. The Hall–Kier alpha value is -2.11. The van der Waals surface area contributed by atoms with Crippen molar-refractivity contribution in [1.29, 1.82) is 0 Å². The number of carbonyl (C=O) groups excluding carboxylic acids is 1. The monoisotopic (exact) mass is 317 g/mol. The summed E-state index contributed by atoms with van der Waals surface area (Å²) >= 11 is 7.73. The predicted octanol–water partition coefficient (Wildman–Crippen LogP) is 3.72. The van der Waals surface area contributed by atoms with Gasteiger partial charge in [0.15, 0.2) is 0 Å². The summed E-state index contributed by atoms with van der Waals surface area (Å²) in [7, 11) is 0. The molecule has 0 aliphatic heterocycles. The molecule has 0 bridgehead atoms. The van der Waals surface area contributed by atoms with Crippen molar-refractivity contribution >= 4 is 28.8 Å². The minimum atomic E-state index is -0.186. The number of nitrogens with zero attached hydrogens (tertiary/aromatic N) is 1. The van der Waals surface area contributed by atoms with E-state index in [0.717, 1.165) is 10.4 Å². The van der Waals surface area contributed by atoms with Gasteiger partial charge in [0.25, 0.3) is 5.91 Å². The number of hydrogen-bond acceptors (Lipinski definition) is 3. The maximum absolute atomic E-state index is 12.1. The molecular formula is C15H12ClN3OS. The minimum absolute atomic E-state index is 0.186. The highest BCUT2D eigenvalue weighted by Gasteiger charge is 2.12. The largest absolute Gasteiger partial charge is 0.346 e. The van der Waals surface area contributed by atoms with E-state index in [2.05, 4.69) is 15.5 Å². The number of H-pyrrole nitrogens is 1. The van der Waals surface area contributed by atoms with Crippen LogP contribution in [-0.4, -0.2) is 16.1 Å². The average molecular weight is 318 g/mol. The highest BCUT2D eigenvalue weighted by atomic mass is 35.5. The van der Waals surface area contributed by atoms with Crippen molar-refractivity contribution in [2.75, 3.05) is 0 Å². The van der Waals surface area contributed by atoms with Crippen molar-refractivity contribution < 1.29 is 4.79 Å². The van der Waals surface area contributed by atoms with E-state index in [4.69, 9.17) is 11.6 Å². The van der Waals surface area contributed by atoms with E-state index >= 15 is 0 Å². The van der Waals surface area contributed by atoms with Crippen molar-refractivity contribution in [3.63, 3.8) is 0 Å². The second-order valence-electron chi connectivity index (χ2n) is 4.41. The molecule has 0 aliphatic carbocycles. The summed E-state index contributed by atoms with van der Waals surface area (Å²) in [6.07, 6.45) is 0. The number of thiophene rings is 1. The molecule has 0 spiro atoms. The Morgan fingerprint density at radius 2 is 2.14 bits per heavy atom. The average Bonchev–Trinajstić information content (AvgIpc) is 3.17. The lowest BCUT2D eigenvalue weighted by atomic mass is 10.1. The molecule has 0 fully saturated rings. The number of amides is 1. The Morgan fingerprint density at radius 3 is 2.90 bits per heavy atom. The molecule has 6 heteroatoms. The fraction of sp³-hybridized carbons (Fsp3) is 0.0667. The molecule has 1 aromatic carbocycles. The first-order valence-corrected chi connectivity index (χ1v) is 7.60. The Morgan fingerprint density at radius 1 is 1.29 bits per heavy atom. The molecule has 0 unspecified atom stereocenters. The highest BCUT2D eigenvalue weighted by molar-refractivity contribution is 7.09. The molecule has 2 aromatic heterocycles. The van der Waals surface area contributed by atoms with Crippen LogP contribution in [0.5, 0.6) is 0 Å². The summed E-state index contributed by atoms with van der Waals surface area (Å²) in [5, 5.41) is 12.3. The van der Waals surface area contributed by atoms with Crippen molar-refractivity contribution in [3.8, 4) is 11.3 Å². The number of benzene rings is 1. The van der Waals surface area contributed by atoms with Gasteiger partial charge in [-0.3, -0.25) is 9.89 Å². The SMILES string of the molecule is O=C(NCc1cccs1)c1cc(-c2ccccc2Cl)n[nH]1. The van der Waals surface area contributed by atoms with Gasteiger partial charge in [0.2, 0.25) is 0 Å². The second-order valence-corrected chi connectivity index (χ2v) is 5.85. The van der Waals surface area contributed by atoms with Gasteiger partial charge in [-0.15, -0.1) is 11.3 Å². The van der Waals surface area contributed by atoms with E-state index < -0.39 is 0 Å². The van der Waals surface area contributed by atoms with E-state index in [1.165, 1.54) is 0 Å². The van der Waals surface area contributed by atoms with Gasteiger partial charge in [-0.2, -0.15) is 5.10 Å². The molecular weight excluding hydrogens is 306 g/mol. The first kappa shape index (κ1) is 13.9. The fourth-order valence-electron chi connectivity index (χ4n) is 1.92. The van der Waals surface area contributed by atoms with Gasteiger partial charge in [0, 0.05) is 10.4 Å². The van der Waals surface area contributed by atoms with Gasteiger partial charge in [-0.05, 0) is 23.6 Å². The summed E-state index contributed by atoms with van der Waals surface area (Å²) in [6, 6.07) is 13.0. The van der Waals surface area contributed by atoms with Crippen LogP contribution in [0, 0.1) is 0 Å². The number of nitrogens with one attached hydrogen (secondary N) is 2. The van der Waals surface area contributed by atoms with E-state index in [1.807, 2.05) is 35.7 Å². The van der Waals surface area contributed by atoms with E-state index in [0.29, 0.717) is 23.0 Å². The molecule has 0 saturated carbocycles. The number of hydrogen-bond donors (Lipinski definition) is 2. The van der Waals surface area contributed by atoms with Crippen LogP contribution < -0.4 is 5.32 Å². The van der Waals surface area contributed by atoms with Gasteiger partial charge in [0.05, 0.1) is 17.3 Å². The third-order valence-corrected chi connectivity index (χ3v) is 4.18. The first-order valence-electron chi connectivity index (χ1n) is 6.35. The van der Waals surface area contributed by atoms with Crippen molar-refractivity contribution in [2.24, 2.45) is 0 Å². The Kier molecular flexibility index (Phi) is 4.03. The molecule has 2 N–H and O–H groups in total. The quantitative estimate of drug-likeness (QED) is 0.770. The first-order chi connectivity index (χ1) is 10.2. The summed E-state index contributed by atoms with van der Waals surface area (Å²) < 4.78 is 0. The maximum atomic E-state index is 12.1. The van der Waals surface area contributed by atoms with Gasteiger partial charge in [-0.25, -0.2) is 0 Å². The summed E-state index contributed by atoms with van der Waals surface area (Å²) in [5.74, 6) is -0.186. The lowest BCUT2D eigenvalue weighted by Gasteiger charge is -2.00. The molecule has 2 heterocycles. The molecule has 1 amide bonds. The van der Waals surface area contributed by atoms with Crippen LogP contribution in [0.25, 0.3) is 11.3 Å². The van der Waals surface area contributed by atoms with E-state index in [1.54, 1.807) is 23.5 Å². The van der Waals surface area contributed by atoms with Crippen molar-refractivity contribution in [2.45, 2.75) is 6.54 Å². The molecule has 4 nitrogen and oxygen atoms in total. The van der Waals surface area contributed by atoms with Crippen molar-refractivity contribution in [3.05, 3.63) is 63.4 Å². The zero-order valence-corrected chi connectivity index (χ0v) is 12.5. The van der Waals surface area contributed by atoms with Crippen molar-refractivity contribution in [1.82, 2.24) is 15.5 Å². The predicted molar refractivity (Wildman–Crippen MR) is 84.5 cm³/mol. The smallest absolute Gasteiger partial charge is 0.269 e. The Labute approximate surface area is 130 Å². The molecule has 0 radical (unpaired) electrons. The Bertz CT molecular complexity index is 752. The molecule has 3 aromatic rings. The van der Waals surface area contributed by atoms with E-state index in [9.17, 15) is 4.79 Å². The van der Waals surface area contributed by atoms with Crippen LogP contribution in [0.3, 0.4) is 0 Å². The third kappa shape index (κ3) is 3.15. The Balaban J connectivity index is 1.73. The number of carbonyl (C=O) groups is 1. The van der Waals surface area contributed by atoms with Crippen LogP contribution in [0.15, 0.2) is 47.8 Å². The van der Waals surface area contributed by atoms with Gasteiger partial charge in [-0.1, -0.05) is 35.9 Å². The molecule has 0 aliphatic rings.